The first kappa shape index (κ1) is 21.4. The third kappa shape index (κ3) is 4.65. The van der Waals surface area contributed by atoms with Gasteiger partial charge in [-0.25, -0.2) is 8.78 Å². The summed E-state index contributed by atoms with van der Waals surface area (Å²) in [5, 5.41) is 27.3. The molecule has 0 saturated heterocycles. The summed E-state index contributed by atoms with van der Waals surface area (Å²) in [6, 6.07) is 6.19. The number of aromatic hydroxyl groups is 1. The van der Waals surface area contributed by atoms with Crippen molar-refractivity contribution in [3.05, 3.63) is 62.3 Å². The zero-order valence-electron chi connectivity index (χ0n) is 15.7. The second-order valence-electron chi connectivity index (χ2n) is 6.54. The Balaban J connectivity index is 1.74. The number of hydrogen-bond donors (Lipinski definition) is 3. The van der Waals surface area contributed by atoms with Gasteiger partial charge >= 0.3 is 10.8 Å². The van der Waals surface area contributed by atoms with Crippen LogP contribution >= 0.6 is 11.3 Å². The van der Waals surface area contributed by atoms with E-state index < -0.39 is 22.5 Å². The molecule has 3 N–H and O–H groups in total. The highest BCUT2D eigenvalue weighted by atomic mass is 32.1. The molecular formula is C20H18F2N2O5S. The van der Waals surface area contributed by atoms with Gasteiger partial charge in [0.15, 0.2) is 17.4 Å². The van der Waals surface area contributed by atoms with Gasteiger partial charge in [0, 0.05) is 18.5 Å². The lowest BCUT2D eigenvalue weighted by atomic mass is 10.1. The molecule has 0 saturated carbocycles. The topological polar surface area (TPSA) is 117 Å². The number of carboxylic acid groups (broad SMARTS) is 1. The van der Waals surface area contributed by atoms with E-state index in [1.54, 1.807) is 0 Å². The molecule has 0 atom stereocenters. The fourth-order valence-electron chi connectivity index (χ4n) is 2.87. The van der Waals surface area contributed by atoms with Crippen LogP contribution in [0.5, 0.6) is 5.88 Å². The van der Waals surface area contributed by atoms with Crippen molar-refractivity contribution in [3.8, 4) is 17.2 Å². The van der Waals surface area contributed by atoms with Crippen molar-refractivity contribution < 1.29 is 28.2 Å². The van der Waals surface area contributed by atoms with Gasteiger partial charge < -0.3 is 14.6 Å². The Morgan fingerprint density at radius 2 is 1.90 bits per heavy atom. The van der Waals surface area contributed by atoms with Gasteiger partial charge in [0.1, 0.15) is 16.3 Å². The minimum absolute atomic E-state index is 0.0247. The van der Waals surface area contributed by atoms with Crippen LogP contribution in [0.2, 0.25) is 0 Å². The number of nitrogens with zero attached hydrogens (tertiary/aromatic N) is 1. The Morgan fingerprint density at radius 1 is 1.13 bits per heavy atom. The largest absolute Gasteiger partial charge is 0.493 e. The van der Waals surface area contributed by atoms with Crippen LogP contribution in [0.4, 0.5) is 8.78 Å². The predicted octanol–water partition coefficient (Wildman–Crippen LogP) is 4.21. The molecule has 0 radical (unpaired) electrons. The van der Waals surface area contributed by atoms with Crippen molar-refractivity contribution in [3.63, 3.8) is 0 Å². The number of hydrogen-bond acceptors (Lipinski definition) is 6. The lowest BCUT2D eigenvalue weighted by Crippen LogP contribution is -2.12. The lowest BCUT2D eigenvalue weighted by Gasteiger charge is -2.04. The van der Waals surface area contributed by atoms with E-state index in [1.165, 1.54) is 18.2 Å². The smallest absolute Gasteiger partial charge is 0.310 e. The van der Waals surface area contributed by atoms with Gasteiger partial charge in [-0.3, -0.25) is 19.6 Å². The van der Waals surface area contributed by atoms with E-state index in [4.69, 9.17) is 14.9 Å². The van der Waals surface area contributed by atoms with Crippen LogP contribution in [-0.2, 0) is 11.3 Å². The second-order valence-corrected chi connectivity index (χ2v) is 7.51. The second kappa shape index (κ2) is 9.04. The predicted molar refractivity (Wildman–Crippen MR) is 106 cm³/mol. The number of unbranched alkanes of at least 4 members (excludes halogenated alkanes) is 2. The summed E-state index contributed by atoms with van der Waals surface area (Å²) in [5.74, 6) is -3.01. The van der Waals surface area contributed by atoms with E-state index in [0.717, 1.165) is 16.7 Å². The highest BCUT2D eigenvalue weighted by Crippen LogP contribution is 2.28. The first-order valence-corrected chi connectivity index (χ1v) is 9.88. The van der Waals surface area contributed by atoms with Crippen LogP contribution in [0.3, 0.4) is 0 Å². The third-order valence-corrected chi connectivity index (χ3v) is 5.41. The number of thiazole rings is 1. The molecule has 10 heteroatoms. The zero-order chi connectivity index (χ0) is 21.8. The van der Waals surface area contributed by atoms with E-state index in [9.17, 15) is 23.5 Å². The molecule has 3 rings (SSSR count). The van der Waals surface area contributed by atoms with Gasteiger partial charge in [0.05, 0.1) is 0 Å². The van der Waals surface area contributed by atoms with E-state index in [1.807, 2.05) is 0 Å². The molecule has 0 fully saturated rings. The molecular weight excluding hydrogens is 418 g/mol. The Kier molecular flexibility index (Phi) is 6.46. The normalized spacial score (nSPS) is 11.0. The molecule has 3 aromatic rings. The van der Waals surface area contributed by atoms with Gasteiger partial charge in [-0.2, -0.15) is 0 Å². The summed E-state index contributed by atoms with van der Waals surface area (Å²) in [5.41, 5.74) is 0.0670. The average Bonchev–Trinajstić information content (AvgIpc) is 3.29. The number of benzene rings is 1. The molecule has 0 aliphatic rings. The first-order valence-electron chi connectivity index (χ1n) is 9.07. The van der Waals surface area contributed by atoms with Crippen molar-refractivity contribution in [1.82, 2.24) is 4.57 Å². The molecule has 1 aromatic carbocycles. The Labute approximate surface area is 173 Å². The van der Waals surface area contributed by atoms with Gasteiger partial charge in [-0.1, -0.05) is 17.8 Å². The maximum atomic E-state index is 13.4. The molecule has 7 nitrogen and oxygen atoms in total. The summed E-state index contributed by atoms with van der Waals surface area (Å²) < 4.78 is 33.2. The van der Waals surface area contributed by atoms with Crippen LogP contribution in [0, 0.1) is 17.0 Å². The highest BCUT2D eigenvalue weighted by molar-refractivity contribution is 7.12. The SMILES string of the molecule is N=C(c1ccc(-c2ccc(F)c(F)c2)o1)c1sc(=O)n(CCCCCC(=O)O)c1O. The summed E-state index contributed by atoms with van der Waals surface area (Å²) in [6.07, 6.45) is 1.60. The van der Waals surface area contributed by atoms with Crippen LogP contribution in [0.1, 0.15) is 36.3 Å². The van der Waals surface area contributed by atoms with E-state index in [2.05, 4.69) is 0 Å². The molecule has 0 bridgehead atoms. The van der Waals surface area contributed by atoms with Crippen molar-refractivity contribution in [2.24, 2.45) is 0 Å². The van der Waals surface area contributed by atoms with Crippen molar-refractivity contribution in [2.75, 3.05) is 0 Å². The Hall–Kier alpha value is -3.27. The monoisotopic (exact) mass is 436 g/mol. The standard InChI is InChI=1S/C20H18F2N2O5S/c21-12-6-5-11(10-13(12)22)14-7-8-15(29-14)17(23)18-19(27)24(20(28)30-18)9-3-1-2-4-16(25)26/h5-8,10,23,27H,1-4,9H2,(H,25,26). The van der Waals surface area contributed by atoms with E-state index >= 15 is 0 Å². The summed E-state index contributed by atoms with van der Waals surface area (Å²) in [7, 11) is 0. The number of carbonyl (C=O) groups is 1. The maximum Gasteiger partial charge on any atom is 0.310 e. The number of carboxylic acids is 1. The van der Waals surface area contributed by atoms with Crippen molar-refractivity contribution in [1.29, 1.82) is 5.41 Å². The number of aromatic nitrogens is 1. The summed E-state index contributed by atoms with van der Waals surface area (Å²) in [6.45, 7) is 0.201. The number of halogens is 2. The van der Waals surface area contributed by atoms with E-state index in [-0.39, 0.29) is 46.5 Å². The van der Waals surface area contributed by atoms with Crippen LogP contribution < -0.4 is 4.87 Å². The molecule has 0 aliphatic carbocycles. The quantitative estimate of drug-likeness (QED) is 0.343. The molecule has 0 unspecified atom stereocenters. The fraction of sp³-hybridized carbons (Fsp3) is 0.250. The van der Waals surface area contributed by atoms with Gasteiger partial charge in [0.2, 0.25) is 5.88 Å². The summed E-state index contributed by atoms with van der Waals surface area (Å²) in [4.78, 5) is 22.3. The number of rotatable bonds is 9. The Morgan fingerprint density at radius 3 is 2.60 bits per heavy atom. The molecule has 2 heterocycles. The Bertz CT molecular complexity index is 1150. The van der Waals surface area contributed by atoms with E-state index in [0.29, 0.717) is 30.6 Å². The first-order chi connectivity index (χ1) is 14.3. The molecule has 0 spiro atoms. The van der Waals surface area contributed by atoms with Crippen LogP contribution in [0.25, 0.3) is 11.3 Å². The highest BCUT2D eigenvalue weighted by Gasteiger charge is 2.21. The lowest BCUT2D eigenvalue weighted by molar-refractivity contribution is -0.137. The third-order valence-electron chi connectivity index (χ3n) is 4.42. The van der Waals surface area contributed by atoms with Gasteiger partial charge in [0.25, 0.3) is 0 Å². The molecule has 30 heavy (non-hydrogen) atoms. The maximum absolute atomic E-state index is 13.4. The number of aliphatic carboxylic acids is 1. The zero-order valence-corrected chi connectivity index (χ0v) is 16.5. The van der Waals surface area contributed by atoms with Crippen molar-refractivity contribution in [2.45, 2.75) is 32.2 Å². The molecule has 0 amide bonds. The number of furan rings is 1. The van der Waals surface area contributed by atoms with Crippen LogP contribution in [0.15, 0.2) is 39.5 Å². The number of nitrogens with one attached hydrogen (secondary N) is 1. The fourth-order valence-corrected chi connectivity index (χ4v) is 3.74. The average molecular weight is 436 g/mol. The van der Waals surface area contributed by atoms with Crippen molar-refractivity contribution >= 4 is 23.0 Å². The molecule has 158 valence electrons. The molecule has 0 aliphatic heterocycles. The van der Waals surface area contributed by atoms with Gasteiger partial charge in [-0.05, 0) is 43.2 Å². The van der Waals surface area contributed by atoms with Crippen LogP contribution in [-0.4, -0.2) is 26.5 Å². The van der Waals surface area contributed by atoms with Gasteiger partial charge in [-0.15, -0.1) is 0 Å². The minimum atomic E-state index is -1.03. The summed E-state index contributed by atoms with van der Waals surface area (Å²) >= 11 is 0.691. The molecule has 2 aromatic heterocycles. The minimum Gasteiger partial charge on any atom is -0.493 e.